The van der Waals surface area contributed by atoms with Gasteiger partial charge in [0.15, 0.2) is 5.65 Å². The van der Waals surface area contributed by atoms with Crippen molar-refractivity contribution in [2.24, 2.45) is 7.05 Å². The second-order valence-electron chi connectivity index (χ2n) is 14.4. The summed E-state index contributed by atoms with van der Waals surface area (Å²) in [6, 6.07) is 21.6. The van der Waals surface area contributed by atoms with E-state index in [9.17, 15) is 18.8 Å². The van der Waals surface area contributed by atoms with Crippen LogP contribution in [-0.2, 0) is 16.6 Å². The number of piperazine rings is 1. The number of carbonyl (C=O) groups is 2. The van der Waals surface area contributed by atoms with Gasteiger partial charge >= 0.3 is 5.69 Å². The third-order valence-corrected chi connectivity index (χ3v) is 11.1. The van der Waals surface area contributed by atoms with Crippen molar-refractivity contribution in [2.45, 2.75) is 37.8 Å². The van der Waals surface area contributed by atoms with Gasteiger partial charge in [0.25, 0.3) is 0 Å². The summed E-state index contributed by atoms with van der Waals surface area (Å²) in [4.78, 5) is 53.9. The molecule has 3 fully saturated rings. The maximum atomic E-state index is 14.1. The Kier molecular flexibility index (Phi) is 9.00. The molecule has 0 bridgehead atoms. The molecule has 7 heterocycles. The number of pyridine rings is 1. The lowest BCUT2D eigenvalue weighted by Gasteiger charge is -2.35. The van der Waals surface area contributed by atoms with Crippen molar-refractivity contribution < 1.29 is 18.7 Å². The molecule has 0 aliphatic carbocycles. The Hall–Kier alpha value is -6.09. The van der Waals surface area contributed by atoms with Crippen LogP contribution in [0.15, 0.2) is 83.8 Å². The van der Waals surface area contributed by atoms with Gasteiger partial charge in [0, 0.05) is 58.8 Å². The molecule has 2 aromatic carbocycles. The highest BCUT2D eigenvalue weighted by Gasteiger charge is 2.32. The van der Waals surface area contributed by atoms with Crippen LogP contribution in [0.3, 0.4) is 0 Å². The number of aryl methyl sites for hydroxylation is 1. The molecule has 3 saturated heterocycles. The molecule has 3 aliphatic heterocycles. The highest BCUT2D eigenvalue weighted by Crippen LogP contribution is 2.36. The highest BCUT2D eigenvalue weighted by atomic mass is 19.1. The lowest BCUT2D eigenvalue weighted by Crippen LogP contribution is -2.47. The molecule has 3 aliphatic rings. The zero-order valence-electron chi connectivity index (χ0n) is 30.5. The number of hydrogen-bond donors (Lipinski definition) is 1. The Morgan fingerprint density at radius 3 is 2.56 bits per heavy atom. The maximum absolute atomic E-state index is 14.1. The summed E-state index contributed by atoms with van der Waals surface area (Å²) < 4.78 is 25.0. The number of hydrogen-bond acceptors (Lipinski definition) is 10. The summed E-state index contributed by atoms with van der Waals surface area (Å²) in [6.07, 6.45) is 4.24. The molecule has 14 nitrogen and oxygen atoms in total. The molecule has 0 spiro atoms. The largest absolute Gasteiger partial charge is 0.492 e. The molecule has 1 N–H and O–H groups in total. The predicted molar refractivity (Wildman–Crippen MR) is 205 cm³/mol. The normalized spacial score (nSPS) is 19.5. The third-order valence-electron chi connectivity index (χ3n) is 11.1. The van der Waals surface area contributed by atoms with Crippen LogP contribution < -0.4 is 25.5 Å². The number of nitrogens with one attached hydrogen (secondary N) is 1. The molecule has 1 unspecified atom stereocenters. The minimum Gasteiger partial charge on any atom is -0.492 e. The summed E-state index contributed by atoms with van der Waals surface area (Å²) in [6.45, 7) is 5.37. The van der Waals surface area contributed by atoms with E-state index in [0.717, 1.165) is 86.3 Å². The van der Waals surface area contributed by atoms with Crippen LogP contribution in [0.1, 0.15) is 43.3 Å². The second-order valence-corrected chi connectivity index (χ2v) is 14.4. The zero-order valence-corrected chi connectivity index (χ0v) is 30.5. The minimum absolute atomic E-state index is 0.0623. The summed E-state index contributed by atoms with van der Waals surface area (Å²) in [5, 5.41) is 7.36. The van der Waals surface area contributed by atoms with E-state index in [-0.39, 0.29) is 36.3 Å². The van der Waals surface area contributed by atoms with Crippen LogP contribution in [0, 0.1) is 5.82 Å². The molecule has 0 radical (unpaired) electrons. The topological polar surface area (TPSA) is 135 Å². The Morgan fingerprint density at radius 1 is 0.873 bits per heavy atom. The van der Waals surface area contributed by atoms with Crippen molar-refractivity contribution in [3.8, 4) is 17.1 Å². The van der Waals surface area contributed by atoms with Crippen molar-refractivity contribution in [3.63, 3.8) is 0 Å². The van der Waals surface area contributed by atoms with E-state index >= 15 is 0 Å². The van der Waals surface area contributed by atoms with Gasteiger partial charge < -0.3 is 14.5 Å². The number of imide groups is 1. The van der Waals surface area contributed by atoms with Crippen molar-refractivity contribution in [1.29, 1.82) is 0 Å². The van der Waals surface area contributed by atoms with Crippen molar-refractivity contribution in [1.82, 2.24) is 38.9 Å². The maximum Gasteiger partial charge on any atom is 0.329 e. The molecule has 6 aromatic rings. The second kappa shape index (κ2) is 14.3. The molecule has 9 rings (SSSR count). The van der Waals surface area contributed by atoms with Gasteiger partial charge in [-0.2, -0.15) is 0 Å². The van der Waals surface area contributed by atoms with Gasteiger partial charge in [0.2, 0.25) is 11.8 Å². The molecule has 0 saturated carbocycles. The van der Waals surface area contributed by atoms with Crippen LogP contribution >= 0.6 is 0 Å². The number of piperidine rings is 1. The Balaban J connectivity index is 0.831. The number of ether oxygens (including phenoxy) is 1. The van der Waals surface area contributed by atoms with Crippen LogP contribution in [0.4, 0.5) is 16.0 Å². The first-order valence-corrected chi connectivity index (χ1v) is 18.8. The van der Waals surface area contributed by atoms with E-state index in [1.807, 2.05) is 59.2 Å². The number of imidazole rings is 2. The number of amides is 2. The average molecular weight is 745 g/mol. The Labute approximate surface area is 315 Å². The van der Waals surface area contributed by atoms with E-state index in [1.165, 1.54) is 15.2 Å². The molecular formula is C40H41FN10O4. The summed E-state index contributed by atoms with van der Waals surface area (Å²) in [5.74, 6) is 1.36. The van der Waals surface area contributed by atoms with Crippen molar-refractivity contribution in [2.75, 3.05) is 55.7 Å². The number of anilines is 2. The number of benzene rings is 2. The van der Waals surface area contributed by atoms with E-state index in [1.54, 1.807) is 25.2 Å². The summed E-state index contributed by atoms with van der Waals surface area (Å²) in [5.41, 5.74) is 4.27. The minimum atomic E-state index is -0.725. The molecular weight excluding hydrogens is 704 g/mol. The first kappa shape index (κ1) is 34.7. The smallest absolute Gasteiger partial charge is 0.329 e. The highest BCUT2D eigenvalue weighted by molar-refractivity contribution is 6.00. The van der Waals surface area contributed by atoms with E-state index < -0.39 is 11.9 Å². The number of fused-ring (bicyclic) bond motifs is 2. The van der Waals surface area contributed by atoms with Gasteiger partial charge in [-0.3, -0.25) is 28.9 Å². The molecule has 15 heteroatoms. The summed E-state index contributed by atoms with van der Waals surface area (Å²) >= 11 is 0. The first-order valence-electron chi connectivity index (χ1n) is 18.8. The summed E-state index contributed by atoms with van der Waals surface area (Å²) in [7, 11) is 1.67. The quantitative estimate of drug-likeness (QED) is 0.216. The monoisotopic (exact) mass is 744 g/mol. The fraction of sp³-hybridized carbons (Fsp3) is 0.350. The third kappa shape index (κ3) is 6.58. The molecule has 2 atom stereocenters. The van der Waals surface area contributed by atoms with Crippen molar-refractivity contribution in [3.05, 3.63) is 101 Å². The lowest BCUT2D eigenvalue weighted by atomic mass is 10.0. The molecule has 4 aromatic heterocycles. The van der Waals surface area contributed by atoms with Gasteiger partial charge in [0.1, 0.15) is 41.5 Å². The zero-order chi connectivity index (χ0) is 37.6. The van der Waals surface area contributed by atoms with E-state index in [0.29, 0.717) is 23.4 Å². The van der Waals surface area contributed by atoms with E-state index in [4.69, 9.17) is 14.8 Å². The van der Waals surface area contributed by atoms with Gasteiger partial charge in [-0.15, -0.1) is 5.10 Å². The van der Waals surface area contributed by atoms with Crippen molar-refractivity contribution >= 4 is 40.1 Å². The van der Waals surface area contributed by atoms with Crippen LogP contribution in [0.25, 0.3) is 28.1 Å². The lowest BCUT2D eigenvalue weighted by molar-refractivity contribution is -0.135. The Morgan fingerprint density at radius 2 is 1.73 bits per heavy atom. The SMILES string of the molecule is Cn1c(=O)n(C2CCC(=O)NC2=O)c2ccc(OCCN3CCN(c4cccc(-c5cnc6ccc(N7CCC[C@@H]7c7cccc(F)c7)nn56)n4)CC3)cc21. The fourth-order valence-electron chi connectivity index (χ4n) is 8.19. The number of aromatic nitrogens is 6. The van der Waals surface area contributed by atoms with Crippen LogP contribution in [0.5, 0.6) is 5.75 Å². The standard InChI is InChI=1S/C40H41FN10O4/c1-46-33-24-28(10-11-31(33)50(40(46)54)32-12-15-38(52)44-39(32)53)55-22-21-47-17-19-48(20-18-47)36-9-3-7-29(43-36)34-25-42-35-13-14-37(45-51(34)35)49-16-4-8-30(49)26-5-2-6-27(41)23-26/h2-3,5-7,9-11,13-14,23-25,30,32H,4,8,12,15-22H2,1H3,(H,44,52,53)/t30-,32?/m1/s1. The average Bonchev–Trinajstić information content (AvgIpc) is 3.92. The van der Waals surface area contributed by atoms with Gasteiger partial charge in [-0.25, -0.2) is 23.7 Å². The number of halogens is 1. The van der Waals surface area contributed by atoms with Crippen LogP contribution in [-0.4, -0.2) is 91.3 Å². The van der Waals surface area contributed by atoms with Gasteiger partial charge in [-0.1, -0.05) is 18.2 Å². The number of carbonyl (C=O) groups excluding carboxylic acids is 2. The van der Waals surface area contributed by atoms with Crippen LogP contribution in [0.2, 0.25) is 0 Å². The molecule has 55 heavy (non-hydrogen) atoms. The van der Waals surface area contributed by atoms with Gasteiger partial charge in [0.05, 0.1) is 29.0 Å². The fourth-order valence-corrected chi connectivity index (χ4v) is 8.19. The number of rotatable bonds is 9. The van der Waals surface area contributed by atoms with Gasteiger partial charge in [-0.05, 0) is 73.4 Å². The van der Waals surface area contributed by atoms with E-state index in [2.05, 4.69) is 25.0 Å². The predicted octanol–water partition coefficient (Wildman–Crippen LogP) is 4.10. The molecule has 282 valence electrons. The Bertz CT molecular complexity index is 2490. The number of nitrogens with zero attached hydrogens (tertiary/aromatic N) is 9. The first-order chi connectivity index (χ1) is 26.8. The molecule has 2 amide bonds.